The van der Waals surface area contributed by atoms with E-state index >= 15 is 0 Å². The SMILES string of the molecule is CC=O.CCC(C)(O)CC. The number of aldehydes is 1. The number of hydrogen-bond donors (Lipinski definition) is 1. The van der Waals surface area contributed by atoms with E-state index in [-0.39, 0.29) is 0 Å². The summed E-state index contributed by atoms with van der Waals surface area (Å²) in [6, 6.07) is 0. The minimum absolute atomic E-state index is 0.417. The van der Waals surface area contributed by atoms with Gasteiger partial charge in [-0.2, -0.15) is 0 Å². The van der Waals surface area contributed by atoms with Gasteiger partial charge in [-0.25, -0.2) is 0 Å². The molecule has 0 radical (unpaired) electrons. The van der Waals surface area contributed by atoms with Crippen LogP contribution in [0, 0.1) is 0 Å². The first-order valence-electron chi connectivity index (χ1n) is 3.66. The van der Waals surface area contributed by atoms with Gasteiger partial charge >= 0.3 is 0 Å². The molecule has 2 nitrogen and oxygen atoms in total. The summed E-state index contributed by atoms with van der Waals surface area (Å²) in [6.07, 6.45) is 2.45. The van der Waals surface area contributed by atoms with Gasteiger partial charge in [-0.1, -0.05) is 13.8 Å². The van der Waals surface area contributed by atoms with Crippen LogP contribution in [0.25, 0.3) is 0 Å². The molecule has 0 unspecified atom stereocenters. The first kappa shape index (κ1) is 12.3. The lowest BCUT2D eigenvalue weighted by Gasteiger charge is -2.17. The molecule has 0 aliphatic heterocycles. The van der Waals surface area contributed by atoms with Crippen LogP contribution in [0.1, 0.15) is 40.5 Å². The van der Waals surface area contributed by atoms with E-state index in [2.05, 4.69) is 0 Å². The van der Waals surface area contributed by atoms with Crippen molar-refractivity contribution in [3.05, 3.63) is 0 Å². The van der Waals surface area contributed by atoms with Crippen molar-refractivity contribution >= 4 is 6.29 Å². The van der Waals surface area contributed by atoms with Crippen LogP contribution in [0.15, 0.2) is 0 Å². The van der Waals surface area contributed by atoms with Crippen LogP contribution in [0.5, 0.6) is 0 Å². The fourth-order valence-corrected chi connectivity index (χ4v) is 0.250. The molecular formula is C8H18O2. The van der Waals surface area contributed by atoms with Gasteiger partial charge in [0.05, 0.1) is 5.60 Å². The molecular weight excluding hydrogens is 128 g/mol. The molecule has 0 spiro atoms. The average molecular weight is 146 g/mol. The van der Waals surface area contributed by atoms with E-state index in [1.54, 1.807) is 0 Å². The summed E-state index contributed by atoms with van der Waals surface area (Å²) in [4.78, 5) is 8.81. The molecule has 0 amide bonds. The normalized spacial score (nSPS) is 9.70. The Bertz CT molecular complexity index is 71.3. The van der Waals surface area contributed by atoms with Gasteiger partial charge in [-0.3, -0.25) is 0 Å². The molecule has 0 atom stereocenters. The lowest BCUT2D eigenvalue weighted by atomic mass is 10.0. The summed E-state index contributed by atoms with van der Waals surface area (Å²) >= 11 is 0. The number of rotatable bonds is 2. The zero-order valence-electron chi connectivity index (χ0n) is 7.35. The van der Waals surface area contributed by atoms with Crippen molar-refractivity contribution in [2.24, 2.45) is 0 Å². The minimum Gasteiger partial charge on any atom is -0.390 e. The average Bonchev–Trinajstić information content (AvgIpc) is 1.90. The van der Waals surface area contributed by atoms with E-state index in [9.17, 15) is 0 Å². The minimum atomic E-state index is -0.417. The van der Waals surface area contributed by atoms with Gasteiger partial charge in [0.15, 0.2) is 0 Å². The lowest BCUT2D eigenvalue weighted by molar-refractivity contribution is -0.106. The first-order valence-corrected chi connectivity index (χ1v) is 3.66. The van der Waals surface area contributed by atoms with E-state index in [1.165, 1.54) is 6.92 Å². The molecule has 2 heteroatoms. The van der Waals surface area contributed by atoms with Crippen LogP contribution in [0.4, 0.5) is 0 Å². The zero-order chi connectivity index (χ0) is 8.62. The Morgan fingerprint density at radius 2 is 1.60 bits per heavy atom. The van der Waals surface area contributed by atoms with E-state index in [0.717, 1.165) is 19.1 Å². The van der Waals surface area contributed by atoms with Gasteiger partial charge in [0.1, 0.15) is 6.29 Å². The summed E-state index contributed by atoms with van der Waals surface area (Å²) < 4.78 is 0. The second-order valence-corrected chi connectivity index (χ2v) is 2.44. The summed E-state index contributed by atoms with van der Waals surface area (Å²) in [5, 5.41) is 9.13. The molecule has 0 rings (SSSR count). The molecule has 0 aliphatic carbocycles. The molecule has 0 aromatic heterocycles. The quantitative estimate of drug-likeness (QED) is 0.603. The van der Waals surface area contributed by atoms with Gasteiger partial charge in [0, 0.05) is 0 Å². The summed E-state index contributed by atoms with van der Waals surface area (Å²) in [6.45, 7) is 7.28. The lowest BCUT2D eigenvalue weighted by Crippen LogP contribution is -2.20. The molecule has 0 aromatic carbocycles. The smallest absolute Gasteiger partial charge is 0.116 e. The predicted octanol–water partition coefficient (Wildman–Crippen LogP) is 1.76. The number of carbonyl (C=O) groups excluding carboxylic acids is 1. The van der Waals surface area contributed by atoms with Gasteiger partial charge in [0.25, 0.3) is 0 Å². The van der Waals surface area contributed by atoms with Crippen LogP contribution in [-0.2, 0) is 4.79 Å². The molecule has 62 valence electrons. The molecule has 0 aliphatic rings. The molecule has 0 bridgehead atoms. The van der Waals surface area contributed by atoms with Crippen molar-refractivity contribution in [2.75, 3.05) is 0 Å². The van der Waals surface area contributed by atoms with E-state index < -0.39 is 5.60 Å². The second kappa shape index (κ2) is 6.75. The van der Waals surface area contributed by atoms with E-state index in [1.807, 2.05) is 20.8 Å². The van der Waals surface area contributed by atoms with Crippen molar-refractivity contribution in [3.63, 3.8) is 0 Å². The summed E-state index contributed by atoms with van der Waals surface area (Å²) in [5.41, 5.74) is -0.417. The van der Waals surface area contributed by atoms with Crippen LogP contribution >= 0.6 is 0 Å². The number of carbonyl (C=O) groups is 1. The highest BCUT2D eigenvalue weighted by atomic mass is 16.3. The van der Waals surface area contributed by atoms with Crippen molar-refractivity contribution in [1.29, 1.82) is 0 Å². The van der Waals surface area contributed by atoms with Gasteiger partial charge < -0.3 is 9.90 Å². The monoisotopic (exact) mass is 146 g/mol. The standard InChI is InChI=1S/C6H14O.C2H4O/c1-4-6(3,7)5-2;1-2-3/h7H,4-5H2,1-3H3;2H,1H3. The maximum Gasteiger partial charge on any atom is 0.116 e. The Morgan fingerprint density at radius 3 is 1.60 bits per heavy atom. The predicted molar refractivity (Wildman–Crippen MR) is 42.9 cm³/mol. The highest BCUT2D eigenvalue weighted by molar-refractivity contribution is 5.44. The highest BCUT2D eigenvalue weighted by Gasteiger charge is 2.12. The number of hydrogen-bond acceptors (Lipinski definition) is 2. The van der Waals surface area contributed by atoms with Crippen molar-refractivity contribution < 1.29 is 9.90 Å². The third-order valence-corrected chi connectivity index (χ3v) is 1.52. The summed E-state index contributed by atoms with van der Waals surface area (Å²) in [7, 11) is 0. The van der Waals surface area contributed by atoms with Crippen LogP contribution in [0.3, 0.4) is 0 Å². The third kappa shape index (κ3) is 10.6. The zero-order valence-corrected chi connectivity index (χ0v) is 7.35. The molecule has 0 saturated carbocycles. The summed E-state index contributed by atoms with van der Waals surface area (Å²) in [5.74, 6) is 0. The molecule has 0 heterocycles. The number of aliphatic hydroxyl groups is 1. The van der Waals surface area contributed by atoms with E-state index in [4.69, 9.17) is 9.90 Å². The van der Waals surface area contributed by atoms with Crippen molar-refractivity contribution in [1.82, 2.24) is 0 Å². The Labute approximate surface area is 63.3 Å². The molecule has 0 aromatic rings. The van der Waals surface area contributed by atoms with Crippen molar-refractivity contribution in [3.8, 4) is 0 Å². The molecule has 0 fully saturated rings. The second-order valence-electron chi connectivity index (χ2n) is 2.44. The first-order chi connectivity index (χ1) is 4.54. The maximum absolute atomic E-state index is 9.13. The van der Waals surface area contributed by atoms with Crippen LogP contribution < -0.4 is 0 Å². The Balaban J connectivity index is 0. The fraction of sp³-hybridized carbons (Fsp3) is 0.875. The Hall–Kier alpha value is -0.370. The van der Waals surface area contributed by atoms with Crippen molar-refractivity contribution in [2.45, 2.75) is 46.1 Å². The fourth-order valence-electron chi connectivity index (χ4n) is 0.250. The third-order valence-electron chi connectivity index (χ3n) is 1.52. The topological polar surface area (TPSA) is 37.3 Å². The Kier molecular flexibility index (Phi) is 8.31. The van der Waals surface area contributed by atoms with Crippen LogP contribution in [0.2, 0.25) is 0 Å². The molecule has 1 N–H and O–H groups in total. The van der Waals surface area contributed by atoms with Crippen LogP contribution in [-0.4, -0.2) is 17.0 Å². The van der Waals surface area contributed by atoms with E-state index in [0.29, 0.717) is 0 Å². The van der Waals surface area contributed by atoms with Gasteiger partial charge in [0.2, 0.25) is 0 Å². The van der Waals surface area contributed by atoms with Gasteiger partial charge in [-0.05, 0) is 26.7 Å². The Morgan fingerprint density at radius 1 is 1.40 bits per heavy atom. The highest BCUT2D eigenvalue weighted by Crippen LogP contribution is 2.11. The largest absolute Gasteiger partial charge is 0.390 e. The molecule has 10 heavy (non-hydrogen) atoms. The molecule has 0 saturated heterocycles. The maximum atomic E-state index is 9.13. The van der Waals surface area contributed by atoms with Gasteiger partial charge in [-0.15, -0.1) is 0 Å².